The molecule has 0 atom stereocenters. The van der Waals surface area contributed by atoms with E-state index in [0.29, 0.717) is 0 Å². The predicted molar refractivity (Wildman–Crippen MR) is 112 cm³/mol. The second-order valence-electron chi connectivity index (χ2n) is 7.02. The molecule has 0 radical (unpaired) electrons. The summed E-state index contributed by atoms with van der Waals surface area (Å²) in [5.74, 6) is 0. The summed E-state index contributed by atoms with van der Waals surface area (Å²) < 4.78 is 0. The van der Waals surface area contributed by atoms with Crippen LogP contribution >= 0.6 is 11.2 Å². The number of fused-ring (bicyclic) bond motifs is 1. The molecule has 3 rings (SSSR count). The number of nitrogens with zero attached hydrogens (tertiary/aromatic N) is 1. The summed E-state index contributed by atoms with van der Waals surface area (Å²) in [6.45, 7) is 9.24. The highest BCUT2D eigenvalue weighted by Crippen LogP contribution is 2.40. The first-order valence-electron chi connectivity index (χ1n) is 8.24. The van der Waals surface area contributed by atoms with Crippen LogP contribution in [0.5, 0.6) is 0 Å². The van der Waals surface area contributed by atoms with E-state index in [4.69, 9.17) is 4.99 Å². The highest BCUT2D eigenvalue weighted by molar-refractivity contribution is 8.28. The Morgan fingerprint density at radius 3 is 2.46 bits per heavy atom. The molecule has 3 aromatic rings. The van der Waals surface area contributed by atoms with E-state index in [2.05, 4.69) is 87.2 Å². The van der Waals surface area contributed by atoms with Gasteiger partial charge in [0.05, 0.1) is 5.69 Å². The van der Waals surface area contributed by atoms with Crippen LogP contribution in [0.2, 0.25) is 19.6 Å². The summed E-state index contributed by atoms with van der Waals surface area (Å²) in [5.41, 5.74) is 3.50. The number of hydrogen-bond donors (Lipinski definition) is 0. The Bertz CT molecular complexity index is 894. The second kappa shape index (κ2) is 6.95. The summed E-state index contributed by atoms with van der Waals surface area (Å²) in [7, 11) is -1.29. The normalized spacial score (nSPS) is 12.2. The number of hydrogen-bond acceptors (Lipinski definition) is 2. The molecule has 1 nitrogen and oxygen atoms in total. The van der Waals surface area contributed by atoms with Gasteiger partial charge in [-0.3, -0.25) is 4.99 Å². The lowest BCUT2D eigenvalue weighted by Crippen LogP contribution is -2.13. The van der Waals surface area contributed by atoms with Crippen molar-refractivity contribution in [1.29, 1.82) is 0 Å². The Balaban J connectivity index is 2.10. The van der Waals surface area contributed by atoms with Crippen LogP contribution in [0.4, 0.5) is 5.69 Å². The van der Waals surface area contributed by atoms with E-state index in [9.17, 15) is 0 Å². The van der Waals surface area contributed by atoms with Gasteiger partial charge in [-0.05, 0) is 23.9 Å². The van der Waals surface area contributed by atoms with Gasteiger partial charge >= 0.3 is 0 Å². The molecule has 0 unspecified atom stereocenters. The smallest absolute Gasteiger partial charge is 0.114 e. The van der Waals surface area contributed by atoms with Gasteiger partial charge in [0.2, 0.25) is 0 Å². The molecule has 0 aromatic heterocycles. The van der Waals surface area contributed by atoms with E-state index >= 15 is 0 Å². The lowest BCUT2D eigenvalue weighted by molar-refractivity contribution is 1.41. The SMILES string of the molecule is Cc1cccc(/C=N/c2c(S[Si](C)(C)C)ccc3ccccc23)c1. The first-order valence-corrected chi connectivity index (χ1v) is 13.3. The maximum absolute atomic E-state index is 4.91. The van der Waals surface area contributed by atoms with Gasteiger partial charge in [0.1, 0.15) is 7.22 Å². The van der Waals surface area contributed by atoms with Gasteiger partial charge in [0.25, 0.3) is 0 Å². The molecular weight excluding hydrogens is 326 g/mol. The fourth-order valence-electron chi connectivity index (χ4n) is 2.67. The lowest BCUT2D eigenvalue weighted by Gasteiger charge is -2.17. The molecule has 0 bridgehead atoms. The molecule has 0 heterocycles. The molecular formula is C21H23NSSi. The van der Waals surface area contributed by atoms with Crippen LogP contribution in [0.3, 0.4) is 0 Å². The Kier molecular flexibility index (Phi) is 4.92. The number of aliphatic imine (C=N–C) groups is 1. The van der Waals surface area contributed by atoms with Crippen molar-refractivity contribution in [2.24, 2.45) is 4.99 Å². The largest absolute Gasteiger partial charge is 0.254 e. The van der Waals surface area contributed by atoms with Crippen molar-refractivity contribution in [3.05, 3.63) is 71.8 Å². The van der Waals surface area contributed by atoms with Crippen LogP contribution < -0.4 is 0 Å². The van der Waals surface area contributed by atoms with Crippen molar-refractivity contribution in [3.8, 4) is 0 Å². The number of benzene rings is 3. The molecule has 3 aromatic carbocycles. The van der Waals surface area contributed by atoms with E-state index in [1.807, 2.05) is 17.4 Å². The second-order valence-corrected chi connectivity index (χ2v) is 16.2. The topological polar surface area (TPSA) is 12.4 Å². The Morgan fingerprint density at radius 1 is 0.917 bits per heavy atom. The summed E-state index contributed by atoms with van der Waals surface area (Å²) in [6.07, 6.45) is 1.99. The quantitative estimate of drug-likeness (QED) is 0.371. The Morgan fingerprint density at radius 2 is 1.71 bits per heavy atom. The van der Waals surface area contributed by atoms with Crippen LogP contribution in [-0.4, -0.2) is 13.4 Å². The van der Waals surface area contributed by atoms with Crippen LogP contribution in [-0.2, 0) is 0 Å². The molecule has 0 N–H and O–H groups in total. The highest BCUT2D eigenvalue weighted by atomic mass is 32.4. The highest BCUT2D eigenvalue weighted by Gasteiger charge is 2.18. The predicted octanol–water partition coefficient (Wildman–Crippen LogP) is 6.83. The zero-order chi connectivity index (χ0) is 17.2. The van der Waals surface area contributed by atoms with Crippen molar-refractivity contribution < 1.29 is 0 Å². The van der Waals surface area contributed by atoms with E-state index in [1.165, 1.54) is 21.2 Å². The Hall–Kier alpha value is -1.84. The van der Waals surface area contributed by atoms with Crippen molar-refractivity contribution in [2.45, 2.75) is 31.5 Å². The first kappa shape index (κ1) is 17.0. The van der Waals surface area contributed by atoms with Gasteiger partial charge in [-0.1, -0.05) is 79.8 Å². The minimum absolute atomic E-state index is 1.10. The minimum atomic E-state index is -1.29. The van der Waals surface area contributed by atoms with Gasteiger partial charge in [0.15, 0.2) is 0 Å². The van der Waals surface area contributed by atoms with Crippen LogP contribution in [0.25, 0.3) is 10.8 Å². The van der Waals surface area contributed by atoms with E-state index in [-0.39, 0.29) is 0 Å². The van der Waals surface area contributed by atoms with Crippen molar-refractivity contribution >= 4 is 41.1 Å². The Labute approximate surface area is 149 Å². The molecule has 0 saturated heterocycles. The maximum atomic E-state index is 4.91. The van der Waals surface area contributed by atoms with Gasteiger partial charge in [-0.2, -0.15) is 0 Å². The molecule has 0 aliphatic heterocycles. The molecule has 0 amide bonds. The molecule has 0 aliphatic rings. The monoisotopic (exact) mass is 349 g/mol. The fourth-order valence-corrected chi connectivity index (χ4v) is 6.20. The first-order chi connectivity index (χ1) is 11.4. The van der Waals surface area contributed by atoms with E-state index < -0.39 is 7.22 Å². The summed E-state index contributed by atoms with van der Waals surface area (Å²) in [6, 6.07) is 21.4. The van der Waals surface area contributed by atoms with Crippen molar-refractivity contribution in [1.82, 2.24) is 0 Å². The maximum Gasteiger partial charge on any atom is 0.114 e. The summed E-state index contributed by atoms with van der Waals surface area (Å²) in [5, 5.41) is 2.47. The van der Waals surface area contributed by atoms with Crippen LogP contribution in [0.1, 0.15) is 11.1 Å². The molecule has 24 heavy (non-hydrogen) atoms. The van der Waals surface area contributed by atoms with Crippen LogP contribution in [0, 0.1) is 6.92 Å². The standard InChI is InChI=1S/C21H23NSSi/c1-16-8-7-9-17(14-16)15-22-21-19-11-6-5-10-18(19)12-13-20(21)23-24(2,3)4/h5-15H,1-4H3/b22-15+. The van der Waals surface area contributed by atoms with Crippen molar-refractivity contribution in [2.75, 3.05) is 0 Å². The third-order valence-electron chi connectivity index (χ3n) is 3.66. The fraction of sp³-hybridized carbons (Fsp3) is 0.190. The average Bonchev–Trinajstić information content (AvgIpc) is 2.52. The van der Waals surface area contributed by atoms with Crippen molar-refractivity contribution in [3.63, 3.8) is 0 Å². The van der Waals surface area contributed by atoms with Gasteiger partial charge < -0.3 is 0 Å². The molecule has 0 saturated carbocycles. The molecule has 0 aliphatic carbocycles. The van der Waals surface area contributed by atoms with Gasteiger partial charge in [-0.15, -0.1) is 11.2 Å². The van der Waals surface area contributed by atoms with Gasteiger partial charge in [0, 0.05) is 16.5 Å². The third-order valence-corrected chi connectivity index (χ3v) is 7.32. The average molecular weight is 350 g/mol. The number of rotatable bonds is 4. The molecule has 0 spiro atoms. The zero-order valence-electron chi connectivity index (χ0n) is 14.7. The summed E-state index contributed by atoms with van der Waals surface area (Å²) >= 11 is 2.01. The van der Waals surface area contributed by atoms with Gasteiger partial charge in [-0.25, -0.2) is 0 Å². The zero-order valence-corrected chi connectivity index (χ0v) is 16.5. The lowest BCUT2D eigenvalue weighted by atomic mass is 10.1. The number of aryl methyl sites for hydroxylation is 1. The minimum Gasteiger partial charge on any atom is -0.254 e. The molecule has 122 valence electrons. The van der Waals surface area contributed by atoms with E-state index in [1.54, 1.807) is 0 Å². The molecule has 3 heteroatoms. The summed E-state index contributed by atoms with van der Waals surface area (Å²) in [4.78, 5) is 6.19. The van der Waals surface area contributed by atoms with Crippen LogP contribution in [0.15, 0.2) is 70.6 Å². The van der Waals surface area contributed by atoms with E-state index in [0.717, 1.165) is 11.3 Å². The molecule has 0 fully saturated rings. The third kappa shape index (κ3) is 4.16.